The van der Waals surface area contributed by atoms with E-state index in [1.165, 1.54) is 12.3 Å². The summed E-state index contributed by atoms with van der Waals surface area (Å²) in [4.78, 5) is 19.5. The van der Waals surface area contributed by atoms with Crippen LogP contribution in [0.15, 0.2) is 211 Å². The molecule has 0 atom stereocenters. The van der Waals surface area contributed by atoms with Gasteiger partial charge in [0.05, 0.1) is 22.8 Å². The van der Waals surface area contributed by atoms with Gasteiger partial charge in [0.1, 0.15) is 11.1 Å². The van der Waals surface area contributed by atoms with Crippen molar-refractivity contribution in [1.29, 1.82) is 0 Å². The monoisotopic (exact) mass is 959 g/mol. The van der Waals surface area contributed by atoms with Gasteiger partial charge in [-0.1, -0.05) is 173 Å². The predicted octanol–water partition coefficient (Wildman–Crippen LogP) is 16.9. The van der Waals surface area contributed by atoms with Gasteiger partial charge in [0, 0.05) is 59.9 Å². The Kier molecular flexibility index (Phi) is 9.89. The Balaban J connectivity index is 1.02. The van der Waals surface area contributed by atoms with Gasteiger partial charge in [-0.2, -0.15) is 0 Å². The van der Waals surface area contributed by atoms with Crippen molar-refractivity contribution in [3.63, 3.8) is 0 Å². The number of hydrogen-bond acceptors (Lipinski definition) is 5. The standard InChI is InChI=1S/C68H60N4O/c1-45-18-13-15-24-55(45)59-39-63(57-26-17-27-58-65-64(73-66(57)58)35-34-62(72-65)56-25-16-14-19-46(56)2)69-42-52(59)29-28-47-36-48(40-67(3,4)53-30-32-60(70-43-53)50-20-9-7-10-21-50)38-49(37-47)41-68(5,6)54-31-33-61(71-44-54)51-22-11-8-12-23-51/h7-27,30-39,42-44H,28-29,40-41H2,1-6H3/i1D3,2D3,28D2,29D2. The van der Waals surface area contributed by atoms with Gasteiger partial charge in [0.15, 0.2) is 5.58 Å². The van der Waals surface area contributed by atoms with E-state index in [1.54, 1.807) is 84.9 Å². The van der Waals surface area contributed by atoms with E-state index in [4.69, 9.17) is 32.6 Å². The van der Waals surface area contributed by atoms with Crippen LogP contribution in [0, 0.1) is 13.7 Å². The van der Waals surface area contributed by atoms with Gasteiger partial charge >= 0.3 is 0 Å². The average Bonchev–Trinajstić information content (AvgIpc) is 2.28. The van der Waals surface area contributed by atoms with E-state index in [1.807, 2.05) is 91.3 Å². The maximum Gasteiger partial charge on any atom is 0.153 e. The minimum atomic E-state index is -2.85. The van der Waals surface area contributed by atoms with Crippen LogP contribution in [-0.2, 0) is 36.4 Å². The molecule has 6 aromatic carbocycles. The molecule has 0 aliphatic heterocycles. The van der Waals surface area contributed by atoms with E-state index in [9.17, 15) is 5.48 Å². The van der Waals surface area contributed by atoms with Crippen LogP contribution in [0.5, 0.6) is 0 Å². The maximum atomic E-state index is 10.1. The number of para-hydroxylation sites is 1. The Hall–Kier alpha value is -8.28. The smallest absolute Gasteiger partial charge is 0.153 e. The number of aryl methyl sites for hydroxylation is 4. The summed E-state index contributed by atoms with van der Waals surface area (Å²) >= 11 is 0. The molecule has 73 heavy (non-hydrogen) atoms. The molecule has 0 amide bonds. The second kappa shape index (κ2) is 19.7. The summed E-state index contributed by atoms with van der Waals surface area (Å²) < 4.78 is 97.6. The minimum absolute atomic E-state index is 0.0443. The number of nitrogens with zero attached hydrogens (tertiary/aromatic N) is 4. The fourth-order valence-corrected chi connectivity index (χ4v) is 9.92. The van der Waals surface area contributed by atoms with Crippen LogP contribution < -0.4 is 0 Å². The molecule has 11 aromatic rings. The molecule has 5 nitrogen and oxygen atoms in total. The quantitative estimate of drug-likeness (QED) is 0.109. The lowest BCUT2D eigenvalue weighted by Gasteiger charge is -2.28. The molecular formula is C68H60N4O. The molecular weight excluding hydrogens is 889 g/mol. The maximum absolute atomic E-state index is 10.1. The molecule has 0 fully saturated rings. The fourth-order valence-electron chi connectivity index (χ4n) is 9.92. The number of rotatable bonds is 14. The lowest BCUT2D eigenvalue weighted by Crippen LogP contribution is -2.23. The van der Waals surface area contributed by atoms with Crippen molar-refractivity contribution in [3.05, 3.63) is 251 Å². The lowest BCUT2D eigenvalue weighted by atomic mass is 9.77. The Bertz CT molecular complexity index is 4060. The van der Waals surface area contributed by atoms with Gasteiger partial charge in [-0.15, -0.1) is 0 Å². The highest BCUT2D eigenvalue weighted by atomic mass is 16.3. The van der Waals surface area contributed by atoms with Crippen molar-refractivity contribution in [2.24, 2.45) is 0 Å². The molecule has 0 N–H and O–H groups in total. The molecule has 0 saturated carbocycles. The molecule has 0 saturated heterocycles. The Morgan fingerprint density at radius 3 is 1.59 bits per heavy atom. The first-order valence-corrected chi connectivity index (χ1v) is 24.6. The molecule has 0 radical (unpaired) electrons. The van der Waals surface area contributed by atoms with Crippen molar-refractivity contribution in [2.75, 3.05) is 0 Å². The molecule has 11 rings (SSSR count). The van der Waals surface area contributed by atoms with Crippen molar-refractivity contribution in [1.82, 2.24) is 19.9 Å². The summed E-state index contributed by atoms with van der Waals surface area (Å²) in [7, 11) is 0. The van der Waals surface area contributed by atoms with Crippen LogP contribution >= 0.6 is 0 Å². The van der Waals surface area contributed by atoms with E-state index < -0.39 is 37.3 Å². The minimum Gasteiger partial charge on any atom is -0.454 e. The highest BCUT2D eigenvalue weighted by Gasteiger charge is 2.26. The van der Waals surface area contributed by atoms with Crippen molar-refractivity contribution >= 4 is 22.1 Å². The highest BCUT2D eigenvalue weighted by Crippen LogP contribution is 2.39. The van der Waals surface area contributed by atoms with Gasteiger partial charge in [-0.3, -0.25) is 15.0 Å². The summed E-state index contributed by atoms with van der Waals surface area (Å²) in [6.07, 6.45) is 0.417. The third kappa shape index (κ3) is 9.88. The zero-order valence-corrected chi connectivity index (χ0v) is 41.2. The van der Waals surface area contributed by atoms with Crippen LogP contribution in [0.1, 0.15) is 85.9 Å². The number of fused-ring (bicyclic) bond motifs is 3. The van der Waals surface area contributed by atoms with Gasteiger partial charge in [-0.05, 0) is 148 Å². The number of aromatic nitrogens is 4. The third-order valence-electron chi connectivity index (χ3n) is 13.9. The van der Waals surface area contributed by atoms with E-state index in [0.717, 1.165) is 44.8 Å². The normalized spacial score (nSPS) is 14.7. The predicted molar refractivity (Wildman–Crippen MR) is 302 cm³/mol. The van der Waals surface area contributed by atoms with E-state index in [2.05, 4.69) is 45.9 Å². The molecule has 5 heteroatoms. The molecule has 358 valence electrons. The van der Waals surface area contributed by atoms with Gasteiger partial charge in [0.2, 0.25) is 0 Å². The van der Waals surface area contributed by atoms with Crippen LogP contribution in [0.25, 0.3) is 78.2 Å². The van der Waals surface area contributed by atoms with Gasteiger partial charge < -0.3 is 4.42 Å². The van der Waals surface area contributed by atoms with Crippen LogP contribution in [0.3, 0.4) is 0 Å². The molecule has 0 aliphatic carbocycles. The summed E-state index contributed by atoms with van der Waals surface area (Å²) in [6.45, 7) is 3.48. The summed E-state index contributed by atoms with van der Waals surface area (Å²) in [5, 5.41) is 0.607. The van der Waals surface area contributed by atoms with E-state index >= 15 is 0 Å². The zero-order chi connectivity index (χ0) is 58.7. The molecule has 0 spiro atoms. The number of furan rings is 1. The highest BCUT2D eigenvalue weighted by molar-refractivity contribution is 6.08. The number of pyridine rings is 4. The van der Waals surface area contributed by atoms with E-state index in [-0.39, 0.29) is 33.4 Å². The second-order valence-electron chi connectivity index (χ2n) is 20.0. The van der Waals surface area contributed by atoms with E-state index in [0.29, 0.717) is 57.4 Å². The fraction of sp³-hybridized carbons (Fsp3) is 0.176. The third-order valence-corrected chi connectivity index (χ3v) is 13.9. The summed E-state index contributed by atoms with van der Waals surface area (Å²) in [5.74, 6) is 0. The summed E-state index contributed by atoms with van der Waals surface area (Å²) in [5.41, 5.74) is 9.66. The Morgan fingerprint density at radius 2 is 0.986 bits per heavy atom. The average molecular weight is 959 g/mol. The first-order valence-electron chi connectivity index (χ1n) is 29.6. The Labute approximate surface area is 443 Å². The molecule has 0 aliphatic rings. The largest absolute Gasteiger partial charge is 0.454 e. The topological polar surface area (TPSA) is 64.7 Å². The van der Waals surface area contributed by atoms with Gasteiger partial charge in [0.25, 0.3) is 0 Å². The first kappa shape index (κ1) is 36.6. The number of benzene rings is 6. The van der Waals surface area contributed by atoms with Crippen molar-refractivity contribution in [2.45, 2.75) is 77.8 Å². The molecule has 5 aromatic heterocycles. The van der Waals surface area contributed by atoms with Crippen molar-refractivity contribution in [3.8, 4) is 56.2 Å². The Morgan fingerprint density at radius 1 is 0.452 bits per heavy atom. The second-order valence-corrected chi connectivity index (χ2v) is 20.0. The summed E-state index contributed by atoms with van der Waals surface area (Å²) in [6, 6.07) is 57.4. The molecule has 0 bridgehead atoms. The zero-order valence-electron chi connectivity index (χ0n) is 51.2. The number of hydrogen-bond donors (Lipinski definition) is 0. The van der Waals surface area contributed by atoms with Crippen molar-refractivity contribution < 1.29 is 18.1 Å². The molecule has 0 unspecified atom stereocenters. The van der Waals surface area contributed by atoms with Crippen LogP contribution in [-0.4, -0.2) is 19.9 Å². The SMILES string of the molecule is [2H]C([2H])([2H])c1ccccc1-c1ccc2oc3c(-c4cc(-c5ccccc5C([2H])([2H])[2H])c(C([2H])([2H])C([2H])([2H])c5cc(CC(C)(C)c6ccc(-c7ccccc7)nc6)cc(CC(C)(C)c6ccc(-c7ccccc7)nc6)c5)cn4)cccc3c2n1. The molecule has 5 heterocycles. The van der Waals surface area contributed by atoms with Crippen LogP contribution in [0.4, 0.5) is 0 Å². The lowest BCUT2D eigenvalue weighted by molar-refractivity contribution is 0.512. The van der Waals surface area contributed by atoms with Gasteiger partial charge in [-0.25, -0.2) is 4.98 Å². The van der Waals surface area contributed by atoms with Crippen LogP contribution in [0.2, 0.25) is 0 Å². The first-order chi connectivity index (χ1) is 39.4.